The third-order valence-electron chi connectivity index (χ3n) is 6.67. The first kappa shape index (κ1) is 25.3. The Kier molecular flexibility index (Phi) is 7.67. The predicted octanol–water partition coefficient (Wildman–Crippen LogP) is 3.75. The van der Waals surface area contributed by atoms with Crippen LogP contribution < -0.4 is 19.5 Å². The first-order chi connectivity index (χ1) is 17.4. The Morgan fingerprint density at radius 2 is 1.78 bits per heavy atom. The first-order valence-corrected chi connectivity index (χ1v) is 12.2. The van der Waals surface area contributed by atoms with Gasteiger partial charge in [-0.05, 0) is 43.0 Å². The number of carbonyl (C=O) groups is 2. The highest BCUT2D eigenvalue weighted by molar-refractivity contribution is 5.98. The molecule has 36 heavy (non-hydrogen) atoms. The molecule has 1 saturated heterocycles. The third-order valence-corrected chi connectivity index (χ3v) is 6.67. The van der Waals surface area contributed by atoms with Gasteiger partial charge in [-0.2, -0.15) is 0 Å². The molecule has 2 N–H and O–H groups in total. The van der Waals surface area contributed by atoms with E-state index in [1.54, 1.807) is 12.1 Å². The molecular weight excluding hydrogens is 460 g/mol. The summed E-state index contributed by atoms with van der Waals surface area (Å²) in [5, 5.41) is 2.94. The van der Waals surface area contributed by atoms with Gasteiger partial charge in [0.15, 0.2) is 11.5 Å². The summed E-state index contributed by atoms with van der Waals surface area (Å²) >= 11 is 0. The number of methoxy groups -OCH3 is 3. The monoisotopic (exact) mass is 494 g/mol. The van der Waals surface area contributed by atoms with Crippen LogP contribution in [0.3, 0.4) is 0 Å². The highest BCUT2D eigenvalue weighted by atomic mass is 16.5. The second-order valence-electron chi connectivity index (χ2n) is 9.37. The number of likely N-dealkylation sites (tertiary alicyclic amines) is 1. The summed E-state index contributed by atoms with van der Waals surface area (Å²) < 4.78 is 16.1. The molecule has 2 amide bonds. The van der Waals surface area contributed by atoms with Crippen LogP contribution in [-0.4, -0.2) is 67.1 Å². The maximum Gasteiger partial charge on any atom is 0.252 e. The largest absolute Gasteiger partial charge is 0.493 e. The molecule has 192 valence electrons. The van der Waals surface area contributed by atoms with Gasteiger partial charge in [0.05, 0.1) is 32.4 Å². The lowest BCUT2D eigenvalue weighted by Crippen LogP contribution is -2.53. The molecule has 0 spiro atoms. The van der Waals surface area contributed by atoms with Crippen molar-refractivity contribution in [3.05, 3.63) is 47.8 Å². The van der Waals surface area contributed by atoms with Crippen molar-refractivity contribution in [2.24, 2.45) is 5.92 Å². The first-order valence-electron chi connectivity index (χ1n) is 12.2. The lowest BCUT2D eigenvalue weighted by molar-refractivity contribution is -0.135. The zero-order valence-corrected chi connectivity index (χ0v) is 21.5. The molecule has 3 aromatic rings. The second-order valence-corrected chi connectivity index (χ2v) is 9.37. The summed E-state index contributed by atoms with van der Waals surface area (Å²) in [6, 6.07) is 10.4. The number of imidazole rings is 1. The number of hydrogen-bond donors (Lipinski definition) is 2. The smallest absolute Gasteiger partial charge is 0.252 e. The van der Waals surface area contributed by atoms with Crippen molar-refractivity contribution in [2.75, 3.05) is 34.4 Å². The normalized spacial score (nSPS) is 16.6. The molecule has 0 unspecified atom stereocenters. The average molecular weight is 495 g/mol. The van der Waals surface area contributed by atoms with Crippen LogP contribution in [0.4, 0.5) is 0 Å². The number of amides is 2. The van der Waals surface area contributed by atoms with Crippen LogP contribution in [0, 0.1) is 5.92 Å². The highest BCUT2D eigenvalue weighted by Crippen LogP contribution is 2.38. The molecule has 9 nitrogen and oxygen atoms in total. The summed E-state index contributed by atoms with van der Waals surface area (Å²) in [5.74, 6) is 1.59. The van der Waals surface area contributed by atoms with Crippen LogP contribution in [0.15, 0.2) is 36.4 Å². The minimum atomic E-state index is -0.675. The number of fused-ring (bicyclic) bond motifs is 1. The van der Waals surface area contributed by atoms with Crippen molar-refractivity contribution < 1.29 is 23.8 Å². The van der Waals surface area contributed by atoms with Crippen LogP contribution in [0.2, 0.25) is 0 Å². The molecule has 2 heterocycles. The van der Waals surface area contributed by atoms with Gasteiger partial charge in [0.1, 0.15) is 11.9 Å². The van der Waals surface area contributed by atoms with Crippen LogP contribution in [-0.2, 0) is 4.79 Å². The van der Waals surface area contributed by atoms with E-state index in [-0.39, 0.29) is 23.7 Å². The maximum atomic E-state index is 13.6. The summed E-state index contributed by atoms with van der Waals surface area (Å²) in [6.45, 7) is 5.07. The van der Waals surface area contributed by atoms with E-state index in [1.165, 1.54) is 21.3 Å². The van der Waals surface area contributed by atoms with Crippen molar-refractivity contribution in [3.8, 4) is 17.2 Å². The number of aromatic amines is 1. The fraction of sp³-hybridized carbons (Fsp3) is 0.444. The van der Waals surface area contributed by atoms with Crippen LogP contribution in [0.25, 0.3) is 11.0 Å². The van der Waals surface area contributed by atoms with Gasteiger partial charge in [0, 0.05) is 24.6 Å². The number of nitrogens with one attached hydrogen (secondary N) is 2. The molecule has 1 aromatic heterocycles. The van der Waals surface area contributed by atoms with Crippen molar-refractivity contribution in [2.45, 2.75) is 38.6 Å². The molecule has 4 rings (SSSR count). The van der Waals surface area contributed by atoms with Crippen molar-refractivity contribution in [1.82, 2.24) is 20.2 Å². The van der Waals surface area contributed by atoms with Crippen molar-refractivity contribution in [3.63, 3.8) is 0 Å². The quantitative estimate of drug-likeness (QED) is 0.494. The molecule has 1 aliphatic rings. The molecular formula is C27H34N4O5. The number of hydrogen-bond acceptors (Lipinski definition) is 6. The van der Waals surface area contributed by atoms with Crippen LogP contribution >= 0.6 is 0 Å². The molecule has 9 heteroatoms. The topological polar surface area (TPSA) is 106 Å². The molecule has 0 bridgehead atoms. The SMILES string of the molecule is COc1cc(C(=O)N[C@@H](C(=O)N2CCC[C@H](c3nc4ccccc4[nH]3)C2)C(C)C)cc(OC)c1OC. The zero-order valence-electron chi connectivity index (χ0n) is 21.5. The summed E-state index contributed by atoms with van der Waals surface area (Å²) in [6.07, 6.45) is 1.83. The van der Waals surface area contributed by atoms with E-state index in [4.69, 9.17) is 19.2 Å². The molecule has 0 radical (unpaired) electrons. The Bertz CT molecular complexity index is 1180. The highest BCUT2D eigenvalue weighted by Gasteiger charge is 2.33. The Morgan fingerprint density at radius 1 is 1.08 bits per heavy atom. The number of nitrogens with zero attached hydrogens (tertiary/aromatic N) is 2. The summed E-state index contributed by atoms with van der Waals surface area (Å²) in [4.78, 5) is 36.8. The van der Waals surface area contributed by atoms with Crippen LogP contribution in [0.5, 0.6) is 17.2 Å². The number of carbonyl (C=O) groups excluding carboxylic acids is 2. The van der Waals surface area contributed by atoms with Crippen molar-refractivity contribution in [1.29, 1.82) is 0 Å². The Morgan fingerprint density at radius 3 is 2.39 bits per heavy atom. The van der Waals surface area contributed by atoms with E-state index in [0.717, 1.165) is 29.7 Å². The number of ether oxygens (including phenoxy) is 3. The fourth-order valence-corrected chi connectivity index (χ4v) is 4.71. The van der Waals surface area contributed by atoms with Gasteiger partial charge in [0.25, 0.3) is 5.91 Å². The van der Waals surface area contributed by atoms with E-state index >= 15 is 0 Å². The average Bonchev–Trinajstić information content (AvgIpc) is 3.34. The van der Waals surface area contributed by atoms with Gasteiger partial charge >= 0.3 is 0 Å². The Labute approximate surface area is 211 Å². The minimum Gasteiger partial charge on any atom is -0.493 e. The van der Waals surface area contributed by atoms with E-state index in [2.05, 4.69) is 10.3 Å². The molecule has 2 atom stereocenters. The number of aromatic nitrogens is 2. The molecule has 2 aromatic carbocycles. The fourth-order valence-electron chi connectivity index (χ4n) is 4.71. The number of rotatable bonds is 8. The summed E-state index contributed by atoms with van der Waals surface area (Å²) in [7, 11) is 4.49. The van der Waals surface area contributed by atoms with Gasteiger partial charge < -0.3 is 29.4 Å². The Balaban J connectivity index is 1.51. The van der Waals surface area contributed by atoms with E-state index in [0.29, 0.717) is 35.9 Å². The number of piperidine rings is 1. The number of benzene rings is 2. The molecule has 0 aliphatic carbocycles. The van der Waals surface area contributed by atoms with Gasteiger partial charge in [-0.25, -0.2) is 4.98 Å². The number of para-hydroxylation sites is 2. The predicted molar refractivity (Wildman–Crippen MR) is 137 cm³/mol. The maximum absolute atomic E-state index is 13.6. The van der Waals surface area contributed by atoms with Gasteiger partial charge in [0.2, 0.25) is 11.7 Å². The lowest BCUT2D eigenvalue weighted by Gasteiger charge is -2.35. The standard InChI is InChI=1S/C27H34N4O5/c1-16(2)23(30-26(32)18-13-21(34-3)24(36-5)22(14-18)35-4)27(33)31-12-8-9-17(15-31)25-28-19-10-6-7-11-20(19)29-25/h6-7,10-11,13-14,16-17,23H,8-9,12,15H2,1-5H3,(H,28,29)(H,30,32)/t17-,23+/m0/s1. The minimum absolute atomic E-state index is 0.0911. The molecule has 1 fully saturated rings. The molecule has 1 aliphatic heterocycles. The van der Waals surface area contributed by atoms with E-state index < -0.39 is 6.04 Å². The van der Waals surface area contributed by atoms with Crippen molar-refractivity contribution >= 4 is 22.8 Å². The van der Waals surface area contributed by atoms with Crippen LogP contribution in [0.1, 0.15) is 48.8 Å². The van der Waals surface area contributed by atoms with E-state index in [9.17, 15) is 9.59 Å². The van der Waals surface area contributed by atoms with Gasteiger partial charge in [-0.1, -0.05) is 26.0 Å². The molecule has 0 saturated carbocycles. The second kappa shape index (κ2) is 10.9. The zero-order chi connectivity index (χ0) is 25.8. The van der Waals surface area contributed by atoms with E-state index in [1.807, 2.05) is 43.0 Å². The van der Waals surface area contributed by atoms with Gasteiger partial charge in [-0.15, -0.1) is 0 Å². The summed E-state index contributed by atoms with van der Waals surface area (Å²) in [5.41, 5.74) is 2.24. The van der Waals surface area contributed by atoms with Gasteiger partial charge in [-0.3, -0.25) is 9.59 Å². The Hall–Kier alpha value is -3.75. The number of H-pyrrole nitrogens is 1. The lowest BCUT2D eigenvalue weighted by atomic mass is 9.95. The third kappa shape index (κ3) is 5.10.